The number of carbonyl (C=O) groups excluding carboxylic acids is 4. The Bertz CT molecular complexity index is 1200. The number of aliphatic imine (C=N–C) groups is 1. The molecule has 214 valence electrons. The highest BCUT2D eigenvalue weighted by Crippen LogP contribution is 2.41. The topological polar surface area (TPSA) is 119 Å². The number of nitrogens with two attached hydrogens (primary N) is 1. The van der Waals surface area contributed by atoms with E-state index in [1.165, 1.54) is 56.2 Å². The van der Waals surface area contributed by atoms with Crippen LogP contribution in [0.4, 0.5) is 5.69 Å². The minimum absolute atomic E-state index is 0.0837. The molecule has 3 saturated carbocycles. The van der Waals surface area contributed by atoms with Crippen molar-refractivity contribution in [3.63, 3.8) is 0 Å². The first-order chi connectivity index (χ1) is 19.4. The van der Waals surface area contributed by atoms with Gasteiger partial charge in [0.1, 0.15) is 6.29 Å². The summed E-state index contributed by atoms with van der Waals surface area (Å²) in [7, 11) is 0. The van der Waals surface area contributed by atoms with Crippen LogP contribution in [0.25, 0.3) is 0 Å². The van der Waals surface area contributed by atoms with Gasteiger partial charge in [0, 0.05) is 48.0 Å². The fourth-order valence-electron chi connectivity index (χ4n) is 7.11. The zero-order chi connectivity index (χ0) is 28.2. The lowest BCUT2D eigenvalue weighted by Gasteiger charge is -2.35. The molecule has 4 aliphatic carbocycles. The van der Waals surface area contributed by atoms with E-state index < -0.39 is 17.7 Å². The number of primary amides is 1. The molecule has 3 N–H and O–H groups in total. The molecule has 1 aromatic rings. The molecular formula is C33H43N3O4. The standard InChI is InChI=1S/C33H43N3O4/c1-2-25(22-7-4-3-5-8-22)30(23-10-11-23)36-19-21-15-20(16-21)18-35-24-12-13-26-28(17-24)32(39)29(31(26)38)27(33(34)40)9-6-14-37/h2,12-14,17,20-23,27,29,35H,3-11,15-16,18-19H2,1H3,(H2,34,40)/b25-2-,36-30-/t20-,21-,27?,29?. The number of rotatable bonds is 13. The van der Waals surface area contributed by atoms with Gasteiger partial charge in [-0.2, -0.15) is 0 Å². The van der Waals surface area contributed by atoms with Crippen LogP contribution in [0.3, 0.4) is 0 Å². The van der Waals surface area contributed by atoms with E-state index in [1.54, 1.807) is 12.1 Å². The quantitative estimate of drug-likeness (QED) is 0.191. The first-order valence-electron chi connectivity index (χ1n) is 15.3. The molecule has 0 radical (unpaired) electrons. The number of hydrogen-bond acceptors (Lipinski definition) is 6. The minimum Gasteiger partial charge on any atom is -0.385 e. The molecule has 2 atom stereocenters. The predicted octanol–water partition coefficient (Wildman–Crippen LogP) is 5.58. The van der Waals surface area contributed by atoms with Gasteiger partial charge in [0.05, 0.1) is 11.8 Å². The summed E-state index contributed by atoms with van der Waals surface area (Å²) in [5.41, 5.74) is 9.91. The van der Waals surface area contributed by atoms with Crippen molar-refractivity contribution in [1.29, 1.82) is 0 Å². The van der Waals surface area contributed by atoms with E-state index >= 15 is 0 Å². The van der Waals surface area contributed by atoms with Crippen LogP contribution in [0.2, 0.25) is 0 Å². The van der Waals surface area contributed by atoms with Crippen LogP contribution in [0.5, 0.6) is 0 Å². The molecule has 2 unspecified atom stereocenters. The number of Topliss-reactive ketones (excluding diaryl/α,β-unsaturated/α-hetero) is 2. The fourth-order valence-corrected chi connectivity index (χ4v) is 7.11. The lowest BCUT2D eigenvalue weighted by Crippen LogP contribution is -2.35. The van der Waals surface area contributed by atoms with Crippen molar-refractivity contribution in [3.8, 4) is 0 Å². The number of nitrogens with zero attached hydrogens (tertiary/aromatic N) is 1. The number of benzene rings is 1. The fraction of sp³-hybridized carbons (Fsp3) is 0.606. The molecule has 1 aromatic carbocycles. The van der Waals surface area contributed by atoms with Crippen LogP contribution in [0.1, 0.15) is 98.3 Å². The Morgan fingerprint density at radius 2 is 1.75 bits per heavy atom. The number of amides is 1. The summed E-state index contributed by atoms with van der Waals surface area (Å²) in [5.74, 6) is -0.982. The first kappa shape index (κ1) is 28.4. The maximum Gasteiger partial charge on any atom is 0.221 e. The molecular weight excluding hydrogens is 502 g/mol. The van der Waals surface area contributed by atoms with Gasteiger partial charge < -0.3 is 15.8 Å². The van der Waals surface area contributed by atoms with Gasteiger partial charge in [-0.3, -0.25) is 19.4 Å². The van der Waals surface area contributed by atoms with E-state index in [1.807, 2.05) is 6.07 Å². The SMILES string of the molecule is C/C=C(\C(=N/C[C@H]1C[C@H](CNc2ccc3c(c2)C(=O)C(C(CCC=O)C(N)=O)C3=O)C1)C1CC1)C1CCCCC1. The molecule has 7 heteroatoms. The summed E-state index contributed by atoms with van der Waals surface area (Å²) in [6, 6.07) is 5.21. The summed E-state index contributed by atoms with van der Waals surface area (Å²) >= 11 is 0. The number of allylic oxidation sites excluding steroid dienone is 2. The average Bonchev–Trinajstić information content (AvgIpc) is 3.75. The van der Waals surface area contributed by atoms with Crippen LogP contribution >= 0.6 is 0 Å². The third kappa shape index (κ3) is 6.13. The molecule has 3 fully saturated rings. The van der Waals surface area contributed by atoms with Gasteiger partial charge in [-0.25, -0.2) is 0 Å². The van der Waals surface area contributed by atoms with Gasteiger partial charge in [-0.1, -0.05) is 25.3 Å². The molecule has 0 aromatic heterocycles. The Kier molecular flexibility index (Phi) is 8.97. The van der Waals surface area contributed by atoms with Crippen molar-refractivity contribution in [2.75, 3.05) is 18.4 Å². The summed E-state index contributed by atoms with van der Waals surface area (Å²) in [6.07, 6.45) is 14.8. The van der Waals surface area contributed by atoms with Gasteiger partial charge >= 0.3 is 0 Å². The Morgan fingerprint density at radius 1 is 1.02 bits per heavy atom. The molecule has 7 nitrogen and oxygen atoms in total. The highest BCUT2D eigenvalue weighted by Gasteiger charge is 2.45. The predicted molar refractivity (Wildman–Crippen MR) is 157 cm³/mol. The Morgan fingerprint density at radius 3 is 2.40 bits per heavy atom. The van der Waals surface area contributed by atoms with E-state index in [4.69, 9.17) is 10.7 Å². The third-order valence-electron chi connectivity index (χ3n) is 9.54. The van der Waals surface area contributed by atoms with Crippen LogP contribution in [0, 0.1) is 35.5 Å². The average molecular weight is 546 g/mol. The monoisotopic (exact) mass is 545 g/mol. The zero-order valence-corrected chi connectivity index (χ0v) is 23.7. The maximum absolute atomic E-state index is 13.1. The number of hydrogen-bond donors (Lipinski definition) is 2. The zero-order valence-electron chi connectivity index (χ0n) is 23.7. The Labute approximate surface area is 237 Å². The normalized spacial score (nSPS) is 26.3. The van der Waals surface area contributed by atoms with Crippen molar-refractivity contribution >= 4 is 35.2 Å². The van der Waals surface area contributed by atoms with Crippen molar-refractivity contribution in [1.82, 2.24) is 0 Å². The number of nitrogens with one attached hydrogen (secondary N) is 1. The molecule has 0 heterocycles. The van der Waals surface area contributed by atoms with E-state index in [0.29, 0.717) is 41.1 Å². The highest BCUT2D eigenvalue weighted by atomic mass is 16.2. The molecule has 0 bridgehead atoms. The largest absolute Gasteiger partial charge is 0.385 e. The molecule has 40 heavy (non-hydrogen) atoms. The summed E-state index contributed by atoms with van der Waals surface area (Å²) in [5, 5.41) is 3.45. The molecule has 0 spiro atoms. The van der Waals surface area contributed by atoms with E-state index in [2.05, 4.69) is 18.3 Å². The van der Waals surface area contributed by atoms with Gasteiger partial charge in [0.15, 0.2) is 11.6 Å². The second-order valence-electron chi connectivity index (χ2n) is 12.4. The van der Waals surface area contributed by atoms with Crippen LogP contribution in [0.15, 0.2) is 34.8 Å². The summed E-state index contributed by atoms with van der Waals surface area (Å²) in [4.78, 5) is 54.0. The van der Waals surface area contributed by atoms with E-state index in [-0.39, 0.29) is 24.4 Å². The van der Waals surface area contributed by atoms with E-state index in [0.717, 1.165) is 31.6 Å². The number of carbonyl (C=O) groups is 4. The lowest BCUT2D eigenvalue weighted by atomic mass is 9.74. The van der Waals surface area contributed by atoms with Crippen LogP contribution < -0.4 is 11.1 Å². The Hall–Kier alpha value is -3.09. The third-order valence-corrected chi connectivity index (χ3v) is 9.54. The van der Waals surface area contributed by atoms with Gasteiger partial charge in [0.2, 0.25) is 5.91 Å². The summed E-state index contributed by atoms with van der Waals surface area (Å²) in [6.45, 7) is 3.93. The second-order valence-corrected chi connectivity index (χ2v) is 12.4. The maximum atomic E-state index is 13.1. The summed E-state index contributed by atoms with van der Waals surface area (Å²) < 4.78 is 0. The second kappa shape index (κ2) is 12.6. The molecule has 5 rings (SSSR count). The number of fused-ring (bicyclic) bond motifs is 1. The van der Waals surface area contributed by atoms with Crippen molar-refractivity contribution in [2.24, 2.45) is 46.2 Å². The van der Waals surface area contributed by atoms with Crippen LogP contribution in [-0.2, 0) is 9.59 Å². The molecule has 4 aliphatic rings. The number of ketones is 2. The highest BCUT2D eigenvalue weighted by molar-refractivity contribution is 6.28. The van der Waals surface area contributed by atoms with Crippen molar-refractivity contribution in [3.05, 3.63) is 41.0 Å². The van der Waals surface area contributed by atoms with Crippen molar-refractivity contribution in [2.45, 2.75) is 77.6 Å². The number of anilines is 1. The van der Waals surface area contributed by atoms with Crippen molar-refractivity contribution < 1.29 is 19.2 Å². The minimum atomic E-state index is -1.13. The number of aldehydes is 1. The Balaban J connectivity index is 1.13. The smallest absolute Gasteiger partial charge is 0.221 e. The van der Waals surface area contributed by atoms with Crippen LogP contribution in [-0.4, -0.2) is 42.6 Å². The molecule has 1 amide bonds. The van der Waals surface area contributed by atoms with Gasteiger partial charge in [-0.15, -0.1) is 0 Å². The molecule has 0 aliphatic heterocycles. The van der Waals surface area contributed by atoms with E-state index in [9.17, 15) is 19.2 Å². The molecule has 0 saturated heterocycles. The first-order valence-corrected chi connectivity index (χ1v) is 15.3. The van der Waals surface area contributed by atoms with Gasteiger partial charge in [0.25, 0.3) is 0 Å². The lowest BCUT2D eigenvalue weighted by molar-refractivity contribution is -0.123. The van der Waals surface area contributed by atoms with Gasteiger partial charge in [-0.05, 0) is 93.4 Å².